The van der Waals surface area contributed by atoms with Gasteiger partial charge in [-0.25, -0.2) is 9.59 Å². The first kappa shape index (κ1) is 26.5. The van der Waals surface area contributed by atoms with Crippen molar-refractivity contribution in [2.24, 2.45) is 0 Å². The van der Waals surface area contributed by atoms with Gasteiger partial charge >= 0.3 is 11.9 Å². The summed E-state index contributed by atoms with van der Waals surface area (Å²) in [5, 5.41) is 19.9. The predicted octanol–water partition coefficient (Wildman–Crippen LogP) is 5.79. The molecule has 186 valence electrons. The average molecular weight is 487 g/mol. The number of carbonyl (C=O) groups excluding carboxylic acids is 2. The minimum absolute atomic E-state index is 0.252. The van der Waals surface area contributed by atoms with Crippen LogP contribution in [0, 0.1) is 0 Å². The second-order valence-corrected chi connectivity index (χ2v) is 8.61. The number of rotatable bonds is 10. The maximum atomic E-state index is 13.6. The fraction of sp³-hybridized carbons (Fsp3) is 0.267. The third kappa shape index (κ3) is 5.13. The lowest BCUT2D eigenvalue weighted by atomic mass is 9.86. The molecule has 0 saturated heterocycles. The van der Waals surface area contributed by atoms with Gasteiger partial charge in [-0.15, -0.1) is 0 Å². The van der Waals surface area contributed by atoms with Crippen molar-refractivity contribution in [1.82, 2.24) is 0 Å². The fourth-order valence-corrected chi connectivity index (χ4v) is 4.35. The summed E-state index contributed by atoms with van der Waals surface area (Å²) in [6, 6.07) is 13.0. The molecule has 0 aliphatic rings. The van der Waals surface area contributed by atoms with Gasteiger partial charge in [0.2, 0.25) is 0 Å². The average Bonchev–Trinajstić information content (AvgIpc) is 2.90. The van der Waals surface area contributed by atoms with Crippen molar-refractivity contribution in [1.29, 1.82) is 0 Å². The van der Waals surface area contributed by atoms with Gasteiger partial charge in [0.25, 0.3) is 0 Å². The second kappa shape index (κ2) is 11.1. The number of benzene rings is 3. The highest BCUT2D eigenvalue weighted by atomic mass is 16.4. The molecule has 2 N–H and O–H groups in total. The van der Waals surface area contributed by atoms with Crippen LogP contribution in [0.4, 0.5) is 0 Å². The van der Waals surface area contributed by atoms with E-state index in [1.807, 2.05) is 52.0 Å². The summed E-state index contributed by atoms with van der Waals surface area (Å²) in [6.07, 6.45) is 2.45. The summed E-state index contributed by atoms with van der Waals surface area (Å²) in [5.74, 6) is -3.98. The van der Waals surface area contributed by atoms with Crippen molar-refractivity contribution in [3.63, 3.8) is 0 Å². The molecule has 0 atom stereocenters. The van der Waals surface area contributed by atoms with E-state index in [1.54, 1.807) is 12.1 Å². The summed E-state index contributed by atoms with van der Waals surface area (Å²) in [6.45, 7) is 7.66. The van der Waals surface area contributed by atoms with Gasteiger partial charge in [-0.3, -0.25) is 9.59 Å². The van der Waals surface area contributed by atoms with E-state index in [0.717, 1.165) is 34.4 Å². The van der Waals surface area contributed by atoms with Crippen LogP contribution >= 0.6 is 0 Å². The second-order valence-electron chi connectivity index (χ2n) is 8.61. The Kier molecular flexibility index (Phi) is 8.20. The zero-order chi connectivity index (χ0) is 26.6. The Morgan fingerprint density at radius 2 is 0.861 bits per heavy atom. The van der Waals surface area contributed by atoms with Crippen molar-refractivity contribution in [2.45, 2.75) is 53.4 Å². The molecule has 0 aromatic heterocycles. The summed E-state index contributed by atoms with van der Waals surface area (Å²) in [4.78, 5) is 51.7. The number of hydrogen-bond donors (Lipinski definition) is 2. The van der Waals surface area contributed by atoms with E-state index < -0.39 is 34.6 Å². The first-order chi connectivity index (χ1) is 17.2. The SMILES string of the molecule is CCc1ccc(CC)c(C(=O)c2cc(C(=O)O)c(C(=O)c3cc(CC)ccc3CC)cc2C(=O)O)c1. The molecule has 0 aliphatic heterocycles. The highest BCUT2D eigenvalue weighted by Crippen LogP contribution is 2.27. The lowest BCUT2D eigenvalue weighted by Crippen LogP contribution is -2.18. The van der Waals surface area contributed by atoms with Crippen molar-refractivity contribution in [3.8, 4) is 0 Å². The van der Waals surface area contributed by atoms with Crippen LogP contribution in [0.15, 0.2) is 48.5 Å². The van der Waals surface area contributed by atoms with E-state index in [1.165, 1.54) is 0 Å². The fourth-order valence-electron chi connectivity index (χ4n) is 4.35. The molecule has 3 aromatic rings. The van der Waals surface area contributed by atoms with Gasteiger partial charge in [0, 0.05) is 22.3 Å². The molecule has 6 heteroatoms. The maximum Gasteiger partial charge on any atom is 0.336 e. The largest absolute Gasteiger partial charge is 0.478 e. The lowest BCUT2D eigenvalue weighted by Gasteiger charge is -2.15. The number of carbonyl (C=O) groups is 4. The Bertz CT molecular complexity index is 1260. The minimum atomic E-state index is -1.41. The molecule has 36 heavy (non-hydrogen) atoms. The molecule has 0 amide bonds. The Morgan fingerprint density at radius 1 is 0.500 bits per heavy atom. The number of aryl methyl sites for hydroxylation is 4. The lowest BCUT2D eigenvalue weighted by molar-refractivity contribution is 0.0677. The van der Waals surface area contributed by atoms with Crippen LogP contribution in [-0.2, 0) is 25.7 Å². The number of carboxylic acid groups (broad SMARTS) is 2. The molecule has 0 aliphatic carbocycles. The van der Waals surface area contributed by atoms with E-state index in [-0.39, 0.29) is 11.1 Å². The molecular formula is C30H30O6. The minimum Gasteiger partial charge on any atom is -0.478 e. The van der Waals surface area contributed by atoms with Crippen LogP contribution in [0.5, 0.6) is 0 Å². The summed E-state index contributed by atoms with van der Waals surface area (Å²) in [7, 11) is 0. The van der Waals surface area contributed by atoms with Crippen LogP contribution in [-0.4, -0.2) is 33.7 Å². The molecule has 0 radical (unpaired) electrons. The van der Waals surface area contributed by atoms with Crippen LogP contribution < -0.4 is 0 Å². The van der Waals surface area contributed by atoms with Gasteiger partial charge in [-0.1, -0.05) is 52.0 Å². The van der Waals surface area contributed by atoms with E-state index in [9.17, 15) is 29.4 Å². The molecular weight excluding hydrogens is 456 g/mol. The monoisotopic (exact) mass is 486 g/mol. The van der Waals surface area contributed by atoms with Crippen LogP contribution in [0.25, 0.3) is 0 Å². The number of hydrogen-bond acceptors (Lipinski definition) is 4. The topological polar surface area (TPSA) is 109 Å². The highest BCUT2D eigenvalue weighted by Gasteiger charge is 2.28. The van der Waals surface area contributed by atoms with Gasteiger partial charge in [0.05, 0.1) is 11.1 Å². The van der Waals surface area contributed by atoms with Gasteiger partial charge < -0.3 is 10.2 Å². The van der Waals surface area contributed by atoms with Crippen LogP contribution in [0.2, 0.25) is 0 Å². The zero-order valence-corrected chi connectivity index (χ0v) is 21.0. The standard InChI is InChI=1S/C30H30O6/c1-5-17-9-11-19(7-3)21(13-17)27(31)23-15-26(30(35)36)24(16-25(23)29(33)34)28(32)22-14-18(6-2)10-12-20(22)8-4/h9-16H,5-8H2,1-4H3,(H,33,34)(H,35,36). The predicted molar refractivity (Wildman–Crippen MR) is 138 cm³/mol. The third-order valence-corrected chi connectivity index (χ3v) is 6.52. The molecule has 0 bridgehead atoms. The molecule has 0 spiro atoms. The summed E-state index contributed by atoms with van der Waals surface area (Å²) in [5.41, 5.74) is 2.63. The van der Waals surface area contributed by atoms with Gasteiger partial charge in [0.15, 0.2) is 11.6 Å². The van der Waals surface area contributed by atoms with Crippen LogP contribution in [0.1, 0.15) is 103 Å². The van der Waals surface area contributed by atoms with E-state index in [0.29, 0.717) is 36.8 Å². The Balaban J connectivity index is 2.28. The summed E-state index contributed by atoms with van der Waals surface area (Å²) < 4.78 is 0. The van der Waals surface area contributed by atoms with Crippen LogP contribution in [0.3, 0.4) is 0 Å². The summed E-state index contributed by atoms with van der Waals surface area (Å²) >= 11 is 0. The van der Waals surface area contributed by atoms with Crippen molar-refractivity contribution in [2.75, 3.05) is 0 Å². The van der Waals surface area contributed by atoms with Crippen molar-refractivity contribution >= 4 is 23.5 Å². The smallest absolute Gasteiger partial charge is 0.336 e. The molecule has 0 heterocycles. The Hall–Kier alpha value is -4.06. The zero-order valence-electron chi connectivity index (χ0n) is 21.0. The molecule has 0 fully saturated rings. The third-order valence-electron chi connectivity index (χ3n) is 6.52. The van der Waals surface area contributed by atoms with Gasteiger partial charge in [-0.05, 0) is 72.2 Å². The maximum absolute atomic E-state index is 13.6. The number of aromatic carboxylic acids is 2. The Labute approximate surface area is 210 Å². The molecule has 3 rings (SSSR count). The van der Waals surface area contributed by atoms with Gasteiger partial charge in [0.1, 0.15) is 0 Å². The van der Waals surface area contributed by atoms with Crippen molar-refractivity contribution in [3.05, 3.63) is 104 Å². The van der Waals surface area contributed by atoms with E-state index in [4.69, 9.17) is 0 Å². The molecule has 3 aromatic carbocycles. The first-order valence-corrected chi connectivity index (χ1v) is 12.1. The first-order valence-electron chi connectivity index (χ1n) is 12.1. The number of carboxylic acids is 2. The highest BCUT2D eigenvalue weighted by molar-refractivity contribution is 6.20. The number of ketones is 2. The van der Waals surface area contributed by atoms with E-state index >= 15 is 0 Å². The normalized spacial score (nSPS) is 10.8. The van der Waals surface area contributed by atoms with Crippen molar-refractivity contribution < 1.29 is 29.4 Å². The van der Waals surface area contributed by atoms with Gasteiger partial charge in [-0.2, -0.15) is 0 Å². The Morgan fingerprint density at radius 3 is 1.14 bits per heavy atom. The molecule has 0 unspecified atom stereocenters. The molecule has 0 saturated carbocycles. The molecule has 6 nitrogen and oxygen atoms in total. The quantitative estimate of drug-likeness (QED) is 0.351. The van der Waals surface area contributed by atoms with E-state index in [2.05, 4.69) is 0 Å².